The summed E-state index contributed by atoms with van der Waals surface area (Å²) in [6.07, 6.45) is 1.67. The van der Waals surface area contributed by atoms with Gasteiger partial charge in [0.25, 0.3) is 5.91 Å². The molecule has 2 aromatic rings. The molecule has 0 spiro atoms. The van der Waals surface area contributed by atoms with Crippen molar-refractivity contribution in [3.8, 4) is 0 Å². The van der Waals surface area contributed by atoms with Crippen LogP contribution >= 0.6 is 11.3 Å². The minimum absolute atomic E-state index is 0.0463. The zero-order chi connectivity index (χ0) is 20.1. The van der Waals surface area contributed by atoms with Crippen molar-refractivity contribution in [2.24, 2.45) is 7.05 Å². The van der Waals surface area contributed by atoms with E-state index in [-0.39, 0.29) is 21.1 Å². The highest BCUT2D eigenvalue weighted by atomic mass is 32.1. The number of ether oxygens (including phenoxy) is 3. The Kier molecular flexibility index (Phi) is 6.35. The minimum atomic E-state index is -0.713. The van der Waals surface area contributed by atoms with Crippen molar-refractivity contribution in [2.75, 3.05) is 26.1 Å². The summed E-state index contributed by atoms with van der Waals surface area (Å²) in [7, 11) is 4.06. The van der Waals surface area contributed by atoms with E-state index in [2.05, 4.69) is 10.1 Å². The smallest absolute Gasteiger partial charge is 0.355 e. The molecule has 9 nitrogen and oxygen atoms in total. The second-order valence-electron chi connectivity index (χ2n) is 5.37. The Balaban J connectivity index is 2.14. The van der Waals surface area contributed by atoms with E-state index in [9.17, 15) is 19.2 Å². The zero-order valence-electron chi connectivity index (χ0n) is 15.2. The van der Waals surface area contributed by atoms with Crippen LogP contribution in [0, 0.1) is 6.92 Å². The summed E-state index contributed by atoms with van der Waals surface area (Å²) in [6, 6.07) is 3.23. The SMILES string of the molecule is COC(=O)c1sc(NC(=O)COC(=O)c2cccn2C)c(C(=O)OC)c1C. The first-order chi connectivity index (χ1) is 12.8. The van der Waals surface area contributed by atoms with Crippen LogP contribution in [0.25, 0.3) is 0 Å². The van der Waals surface area contributed by atoms with Crippen LogP contribution in [0.15, 0.2) is 18.3 Å². The molecule has 1 amide bonds. The van der Waals surface area contributed by atoms with E-state index < -0.39 is 30.4 Å². The molecule has 144 valence electrons. The third-order valence-electron chi connectivity index (χ3n) is 3.65. The van der Waals surface area contributed by atoms with Crippen molar-refractivity contribution in [1.29, 1.82) is 0 Å². The largest absolute Gasteiger partial charge is 0.465 e. The van der Waals surface area contributed by atoms with E-state index in [1.54, 1.807) is 36.9 Å². The highest BCUT2D eigenvalue weighted by molar-refractivity contribution is 7.18. The van der Waals surface area contributed by atoms with Crippen molar-refractivity contribution in [1.82, 2.24) is 4.57 Å². The van der Waals surface area contributed by atoms with Gasteiger partial charge in [-0.2, -0.15) is 0 Å². The Bertz CT molecular complexity index is 897. The third kappa shape index (κ3) is 4.34. The summed E-state index contributed by atoms with van der Waals surface area (Å²) in [6.45, 7) is 0.981. The molecule has 0 saturated heterocycles. The van der Waals surface area contributed by atoms with Gasteiger partial charge in [-0.1, -0.05) is 0 Å². The summed E-state index contributed by atoms with van der Waals surface area (Å²) < 4.78 is 15.9. The van der Waals surface area contributed by atoms with Gasteiger partial charge in [0.05, 0.1) is 19.8 Å². The summed E-state index contributed by atoms with van der Waals surface area (Å²) >= 11 is 0.873. The number of carbonyl (C=O) groups is 4. The predicted octanol–water partition coefficient (Wildman–Crippen LogP) is 1.76. The zero-order valence-corrected chi connectivity index (χ0v) is 16.0. The Morgan fingerprint density at radius 1 is 1.11 bits per heavy atom. The van der Waals surface area contributed by atoms with Gasteiger partial charge >= 0.3 is 17.9 Å². The number of methoxy groups -OCH3 is 2. The lowest BCUT2D eigenvalue weighted by Gasteiger charge is -2.07. The van der Waals surface area contributed by atoms with E-state index in [4.69, 9.17) is 9.47 Å². The number of thiophene rings is 1. The number of rotatable bonds is 6. The fourth-order valence-electron chi connectivity index (χ4n) is 2.28. The maximum Gasteiger partial charge on any atom is 0.355 e. The van der Waals surface area contributed by atoms with Gasteiger partial charge in [-0.3, -0.25) is 4.79 Å². The maximum atomic E-state index is 12.1. The number of hydrogen-bond acceptors (Lipinski definition) is 8. The summed E-state index contributed by atoms with van der Waals surface area (Å²) in [5, 5.41) is 2.58. The molecule has 0 aliphatic carbocycles. The molecule has 2 heterocycles. The monoisotopic (exact) mass is 394 g/mol. The average Bonchev–Trinajstić information content (AvgIpc) is 3.21. The van der Waals surface area contributed by atoms with Crippen LogP contribution in [-0.4, -0.2) is 49.2 Å². The van der Waals surface area contributed by atoms with E-state index >= 15 is 0 Å². The number of hydrogen-bond donors (Lipinski definition) is 1. The first-order valence-corrected chi connectivity index (χ1v) is 8.50. The molecule has 0 unspecified atom stereocenters. The molecule has 2 rings (SSSR count). The minimum Gasteiger partial charge on any atom is -0.465 e. The maximum absolute atomic E-state index is 12.1. The van der Waals surface area contributed by atoms with E-state index in [1.165, 1.54) is 14.2 Å². The van der Waals surface area contributed by atoms with Crippen molar-refractivity contribution >= 4 is 40.2 Å². The fraction of sp³-hybridized carbons (Fsp3) is 0.294. The molecule has 0 aliphatic rings. The molecule has 27 heavy (non-hydrogen) atoms. The number of nitrogens with zero attached hydrogens (tertiary/aromatic N) is 1. The normalized spacial score (nSPS) is 10.2. The van der Waals surface area contributed by atoms with Gasteiger partial charge in [-0.15, -0.1) is 11.3 Å². The summed E-state index contributed by atoms with van der Waals surface area (Å²) in [5.74, 6) is -2.68. The number of esters is 3. The molecule has 0 radical (unpaired) electrons. The van der Waals surface area contributed by atoms with Crippen molar-refractivity contribution in [3.63, 3.8) is 0 Å². The Morgan fingerprint density at radius 2 is 1.78 bits per heavy atom. The van der Waals surface area contributed by atoms with Gasteiger partial charge in [-0.25, -0.2) is 14.4 Å². The van der Waals surface area contributed by atoms with Crippen LogP contribution in [0.5, 0.6) is 0 Å². The van der Waals surface area contributed by atoms with E-state index in [0.717, 1.165) is 11.3 Å². The second kappa shape index (κ2) is 8.49. The summed E-state index contributed by atoms with van der Waals surface area (Å²) in [4.78, 5) is 48.1. The van der Waals surface area contributed by atoms with Crippen LogP contribution < -0.4 is 5.32 Å². The standard InChI is InChI=1S/C17H18N2O7S/c1-9-12(16(22)24-3)14(27-13(9)17(23)25-4)18-11(20)8-26-15(21)10-6-5-7-19(10)2/h5-7H,8H2,1-4H3,(H,18,20). The number of carbonyl (C=O) groups excluding carboxylic acids is 4. The lowest BCUT2D eigenvalue weighted by atomic mass is 10.1. The quantitative estimate of drug-likeness (QED) is 0.587. The first-order valence-electron chi connectivity index (χ1n) is 7.68. The molecular formula is C17H18N2O7S. The average molecular weight is 394 g/mol. The van der Waals surface area contributed by atoms with Gasteiger partial charge in [-0.05, 0) is 24.6 Å². The number of amides is 1. The Morgan fingerprint density at radius 3 is 2.33 bits per heavy atom. The number of aryl methyl sites for hydroxylation is 1. The van der Waals surface area contributed by atoms with Gasteiger partial charge in [0.1, 0.15) is 15.6 Å². The molecule has 0 aromatic carbocycles. The molecule has 2 aromatic heterocycles. The van der Waals surface area contributed by atoms with E-state index in [0.29, 0.717) is 5.56 Å². The van der Waals surface area contributed by atoms with Gasteiger partial charge < -0.3 is 24.1 Å². The summed E-state index contributed by atoms with van der Waals surface area (Å²) in [5.41, 5.74) is 0.665. The number of anilines is 1. The fourth-order valence-corrected chi connectivity index (χ4v) is 3.41. The molecule has 0 bridgehead atoms. The highest BCUT2D eigenvalue weighted by Crippen LogP contribution is 2.34. The third-order valence-corrected chi connectivity index (χ3v) is 4.83. The van der Waals surface area contributed by atoms with Crippen LogP contribution in [0.4, 0.5) is 5.00 Å². The van der Waals surface area contributed by atoms with Crippen molar-refractivity contribution in [3.05, 3.63) is 40.0 Å². The molecular weight excluding hydrogens is 376 g/mol. The number of nitrogens with one attached hydrogen (secondary N) is 1. The molecule has 10 heteroatoms. The lowest BCUT2D eigenvalue weighted by Crippen LogP contribution is -2.22. The first kappa shape index (κ1) is 20.2. The topological polar surface area (TPSA) is 113 Å². The molecule has 0 saturated carbocycles. The lowest BCUT2D eigenvalue weighted by molar-refractivity contribution is -0.119. The Labute approximate surface area is 158 Å². The number of aromatic nitrogens is 1. The van der Waals surface area contributed by atoms with Crippen LogP contribution in [0.3, 0.4) is 0 Å². The highest BCUT2D eigenvalue weighted by Gasteiger charge is 2.27. The van der Waals surface area contributed by atoms with Crippen LogP contribution in [0.1, 0.15) is 36.1 Å². The van der Waals surface area contributed by atoms with E-state index in [1.807, 2.05) is 0 Å². The molecule has 1 N–H and O–H groups in total. The molecule has 0 fully saturated rings. The van der Waals surface area contributed by atoms with Crippen LogP contribution in [-0.2, 0) is 26.1 Å². The second-order valence-corrected chi connectivity index (χ2v) is 6.39. The van der Waals surface area contributed by atoms with Gasteiger partial charge in [0.15, 0.2) is 6.61 Å². The van der Waals surface area contributed by atoms with Gasteiger partial charge in [0, 0.05) is 13.2 Å². The van der Waals surface area contributed by atoms with Gasteiger partial charge in [0.2, 0.25) is 0 Å². The predicted molar refractivity (Wildman–Crippen MR) is 96.1 cm³/mol. The van der Waals surface area contributed by atoms with Crippen LogP contribution in [0.2, 0.25) is 0 Å². The van der Waals surface area contributed by atoms with Crippen molar-refractivity contribution < 1.29 is 33.4 Å². The molecule has 0 atom stereocenters. The Hall–Kier alpha value is -3.14. The molecule has 0 aliphatic heterocycles. The van der Waals surface area contributed by atoms with Crippen molar-refractivity contribution in [2.45, 2.75) is 6.92 Å².